The van der Waals surface area contributed by atoms with Crippen LogP contribution in [-0.2, 0) is 19.6 Å². The highest BCUT2D eigenvalue weighted by atomic mass is 32.2. The number of sulfonamides is 1. The third kappa shape index (κ3) is 6.47. The van der Waals surface area contributed by atoms with Crippen LogP contribution in [0.25, 0.3) is 0 Å². The number of para-hydroxylation sites is 1. The van der Waals surface area contributed by atoms with E-state index in [-0.39, 0.29) is 17.0 Å². The van der Waals surface area contributed by atoms with Gasteiger partial charge < -0.3 is 19.9 Å². The molecule has 10 heteroatoms. The number of nitrogens with two attached hydrogens (primary N) is 1. The number of carboxylic acids is 1. The second-order valence-electron chi connectivity index (χ2n) is 6.06. The Balaban J connectivity index is 2.55. The lowest BCUT2D eigenvalue weighted by molar-refractivity contribution is -0.140. The highest BCUT2D eigenvalue weighted by Crippen LogP contribution is 2.37. The number of benzene rings is 2. The van der Waals surface area contributed by atoms with Gasteiger partial charge in [0.2, 0.25) is 10.0 Å². The lowest BCUT2D eigenvalue weighted by atomic mass is 10.1. The Morgan fingerprint density at radius 1 is 1.17 bits per heavy atom. The van der Waals surface area contributed by atoms with E-state index in [9.17, 15) is 18.0 Å². The van der Waals surface area contributed by atoms with E-state index in [1.165, 1.54) is 6.07 Å². The summed E-state index contributed by atoms with van der Waals surface area (Å²) in [5.41, 5.74) is 0.0470. The van der Waals surface area contributed by atoms with E-state index in [4.69, 9.17) is 15.0 Å². The Bertz CT molecular complexity index is 976. The van der Waals surface area contributed by atoms with Crippen LogP contribution < -0.4 is 15.2 Å². The second-order valence-corrected chi connectivity index (χ2v) is 7.59. The molecule has 0 aliphatic rings. The molecule has 0 bridgehead atoms. The van der Waals surface area contributed by atoms with Crippen LogP contribution in [-0.4, -0.2) is 38.6 Å². The van der Waals surface area contributed by atoms with Crippen LogP contribution in [0.2, 0.25) is 0 Å². The van der Waals surface area contributed by atoms with Gasteiger partial charge >= 0.3 is 11.9 Å². The molecule has 0 saturated carbocycles. The predicted molar refractivity (Wildman–Crippen MR) is 106 cm³/mol. The number of nitrogens with one attached hydrogen (secondary N) is 1. The zero-order valence-corrected chi connectivity index (χ0v) is 16.6. The quantitative estimate of drug-likeness (QED) is 0.391. The molecule has 2 rings (SSSR count). The zero-order valence-electron chi connectivity index (χ0n) is 15.8. The summed E-state index contributed by atoms with van der Waals surface area (Å²) in [5.74, 6) is -2.03. The van der Waals surface area contributed by atoms with E-state index in [2.05, 4.69) is 10.1 Å². The minimum absolute atomic E-state index is 0.0652. The van der Waals surface area contributed by atoms with Crippen molar-refractivity contribution in [3.8, 4) is 11.5 Å². The zero-order chi connectivity index (χ0) is 21.4. The van der Waals surface area contributed by atoms with Crippen LogP contribution in [0, 0.1) is 0 Å². The first-order valence-electron chi connectivity index (χ1n) is 8.79. The summed E-state index contributed by atoms with van der Waals surface area (Å²) in [6.07, 6.45) is 1.66. The molecule has 0 atom stereocenters. The molecule has 29 heavy (non-hydrogen) atoms. The number of unbranched alkanes of at least 4 members (excludes halogenated alkanes) is 1. The molecule has 4 N–H and O–H groups in total. The van der Waals surface area contributed by atoms with Crippen LogP contribution in [0.5, 0.6) is 11.5 Å². The first-order valence-corrected chi connectivity index (χ1v) is 10.3. The molecular weight excluding hydrogens is 400 g/mol. The van der Waals surface area contributed by atoms with Crippen molar-refractivity contribution < 1.29 is 32.6 Å². The molecule has 2 aromatic rings. The number of carbonyl (C=O) groups excluding carboxylic acids is 1. The molecule has 2 aromatic carbocycles. The first-order chi connectivity index (χ1) is 13.7. The maximum absolute atomic E-state index is 12.2. The van der Waals surface area contributed by atoms with Gasteiger partial charge in [-0.3, -0.25) is 0 Å². The van der Waals surface area contributed by atoms with Gasteiger partial charge in [-0.1, -0.05) is 31.5 Å². The largest absolute Gasteiger partial charge is 0.479 e. The number of aliphatic carboxylic acids is 1. The van der Waals surface area contributed by atoms with E-state index < -0.39 is 33.5 Å². The number of hydrogen-bond acceptors (Lipinski definition) is 7. The van der Waals surface area contributed by atoms with E-state index in [1.807, 2.05) is 6.92 Å². The highest BCUT2D eigenvalue weighted by Gasteiger charge is 2.24. The van der Waals surface area contributed by atoms with Gasteiger partial charge in [0.05, 0.1) is 11.3 Å². The fourth-order valence-corrected chi connectivity index (χ4v) is 3.09. The van der Waals surface area contributed by atoms with Crippen LogP contribution >= 0.6 is 0 Å². The molecule has 0 amide bonds. The summed E-state index contributed by atoms with van der Waals surface area (Å²) in [6.45, 7) is 1.61. The fourth-order valence-electron chi connectivity index (χ4n) is 2.38. The van der Waals surface area contributed by atoms with Gasteiger partial charge in [-0.15, -0.1) is 0 Å². The number of esters is 1. The second kappa shape index (κ2) is 9.89. The molecule has 0 fully saturated rings. The van der Waals surface area contributed by atoms with Crippen molar-refractivity contribution >= 4 is 27.6 Å². The first kappa shape index (κ1) is 22.2. The Kier molecular flexibility index (Phi) is 7.57. The van der Waals surface area contributed by atoms with Crippen molar-refractivity contribution in [1.82, 2.24) is 0 Å². The average Bonchev–Trinajstić information content (AvgIpc) is 2.67. The van der Waals surface area contributed by atoms with Crippen LogP contribution in [0.3, 0.4) is 0 Å². The van der Waals surface area contributed by atoms with Gasteiger partial charge in [0.15, 0.2) is 12.4 Å². The number of anilines is 1. The number of rotatable bonds is 10. The average molecular weight is 422 g/mol. The molecule has 9 nitrogen and oxygen atoms in total. The highest BCUT2D eigenvalue weighted by molar-refractivity contribution is 7.89. The molecule has 0 unspecified atom stereocenters. The van der Waals surface area contributed by atoms with Crippen molar-refractivity contribution in [3.63, 3.8) is 0 Å². The van der Waals surface area contributed by atoms with Crippen LogP contribution in [0.1, 0.15) is 30.1 Å². The van der Waals surface area contributed by atoms with Crippen molar-refractivity contribution in [2.24, 2.45) is 5.14 Å². The van der Waals surface area contributed by atoms with Gasteiger partial charge in [-0.25, -0.2) is 23.1 Å². The molecular formula is C19H22N2O7S. The maximum Gasteiger partial charge on any atom is 0.341 e. The summed E-state index contributed by atoms with van der Waals surface area (Å²) in [5, 5.41) is 17.1. The van der Waals surface area contributed by atoms with Crippen LogP contribution in [0.4, 0.5) is 5.69 Å². The van der Waals surface area contributed by atoms with Gasteiger partial charge in [0.25, 0.3) is 0 Å². The molecule has 156 valence electrons. The SMILES string of the molecule is CCCCNc1cc(C(=O)OCC(=O)O)cc(S(N)(=O)=O)c1Oc1ccccc1. The maximum atomic E-state index is 12.2. The topological polar surface area (TPSA) is 145 Å². The van der Waals surface area contributed by atoms with Gasteiger partial charge in [0.1, 0.15) is 10.6 Å². The van der Waals surface area contributed by atoms with Gasteiger partial charge in [0, 0.05) is 6.54 Å². The molecule has 0 heterocycles. The number of hydrogen-bond donors (Lipinski definition) is 3. The molecule has 0 radical (unpaired) electrons. The minimum Gasteiger partial charge on any atom is -0.479 e. The van der Waals surface area contributed by atoms with Gasteiger partial charge in [-0.05, 0) is 30.7 Å². The normalized spacial score (nSPS) is 11.0. The van der Waals surface area contributed by atoms with E-state index in [1.54, 1.807) is 30.3 Å². The number of ether oxygens (including phenoxy) is 2. The molecule has 0 aromatic heterocycles. The molecule has 0 spiro atoms. The lowest BCUT2D eigenvalue weighted by Crippen LogP contribution is -2.18. The Morgan fingerprint density at radius 2 is 1.86 bits per heavy atom. The molecule has 0 aliphatic carbocycles. The van der Waals surface area contributed by atoms with E-state index in [0.29, 0.717) is 12.3 Å². The number of carboxylic acid groups (broad SMARTS) is 1. The standard InChI is InChI=1S/C19H22N2O7S/c1-2-3-9-21-15-10-13(19(24)27-12-17(22)23)11-16(29(20,25)26)18(15)28-14-7-5-4-6-8-14/h4-8,10-11,21H,2-3,9,12H2,1H3,(H,22,23)(H2,20,25,26). The number of primary sulfonamides is 1. The number of carbonyl (C=O) groups is 2. The van der Waals surface area contributed by atoms with Crippen molar-refractivity contribution in [2.45, 2.75) is 24.7 Å². The molecule has 0 aliphatic heterocycles. The van der Waals surface area contributed by atoms with E-state index in [0.717, 1.165) is 18.9 Å². The van der Waals surface area contributed by atoms with Crippen molar-refractivity contribution in [2.75, 3.05) is 18.5 Å². The van der Waals surface area contributed by atoms with Gasteiger partial charge in [-0.2, -0.15) is 0 Å². The third-order valence-corrected chi connectivity index (χ3v) is 4.65. The Hall–Kier alpha value is -3.11. The van der Waals surface area contributed by atoms with Crippen molar-refractivity contribution in [1.29, 1.82) is 0 Å². The van der Waals surface area contributed by atoms with Crippen LogP contribution in [0.15, 0.2) is 47.4 Å². The van der Waals surface area contributed by atoms with E-state index >= 15 is 0 Å². The summed E-state index contributed by atoms with van der Waals surface area (Å²) >= 11 is 0. The van der Waals surface area contributed by atoms with Crippen molar-refractivity contribution in [3.05, 3.63) is 48.0 Å². The minimum atomic E-state index is -4.28. The third-order valence-electron chi connectivity index (χ3n) is 3.73. The Morgan fingerprint density at radius 3 is 2.45 bits per heavy atom. The summed E-state index contributed by atoms with van der Waals surface area (Å²) in [4.78, 5) is 22.4. The lowest BCUT2D eigenvalue weighted by Gasteiger charge is -2.17. The monoisotopic (exact) mass is 422 g/mol. The molecule has 0 saturated heterocycles. The summed E-state index contributed by atoms with van der Waals surface area (Å²) in [6, 6.07) is 10.8. The summed E-state index contributed by atoms with van der Waals surface area (Å²) in [7, 11) is -4.28. The Labute approximate surface area is 168 Å². The fraction of sp³-hybridized carbons (Fsp3) is 0.263. The predicted octanol–water partition coefficient (Wildman–Crippen LogP) is 2.58. The summed E-state index contributed by atoms with van der Waals surface area (Å²) < 4.78 is 34.8. The smallest absolute Gasteiger partial charge is 0.341 e.